The van der Waals surface area contributed by atoms with E-state index < -0.39 is 0 Å². The zero-order valence-corrected chi connectivity index (χ0v) is 19.0. The Morgan fingerprint density at radius 3 is 2.77 bits per heavy atom. The summed E-state index contributed by atoms with van der Waals surface area (Å²) in [6, 6.07) is 3.69. The molecule has 2 heterocycles. The summed E-state index contributed by atoms with van der Waals surface area (Å²) in [6.45, 7) is 10.1. The van der Waals surface area contributed by atoms with Crippen LogP contribution < -0.4 is 10.6 Å². The maximum Gasteiger partial charge on any atom is 0.407 e. The highest BCUT2D eigenvalue weighted by Gasteiger charge is 2.32. The quantitative estimate of drug-likeness (QED) is 0.686. The molecule has 1 saturated carbocycles. The Labute approximate surface area is 182 Å². The predicted molar refractivity (Wildman–Crippen MR) is 116 cm³/mol. The largest absolute Gasteiger partial charge is 0.446 e. The highest BCUT2D eigenvalue weighted by atomic mass is 16.6. The van der Waals surface area contributed by atoms with E-state index in [9.17, 15) is 9.59 Å². The number of amides is 2. The number of rotatable bonds is 7. The van der Waals surface area contributed by atoms with Crippen molar-refractivity contribution in [3.63, 3.8) is 0 Å². The number of nitrogens with zero attached hydrogens (tertiary/aromatic N) is 3. The van der Waals surface area contributed by atoms with E-state index in [1.165, 1.54) is 6.20 Å². The highest BCUT2D eigenvalue weighted by molar-refractivity contribution is 5.91. The van der Waals surface area contributed by atoms with Crippen LogP contribution in [0.3, 0.4) is 0 Å². The van der Waals surface area contributed by atoms with Crippen LogP contribution in [-0.4, -0.2) is 39.1 Å². The fourth-order valence-corrected chi connectivity index (χ4v) is 3.68. The SMILES string of the molecule is CC[C@H](C)NC(=O)O[C@@H]1CC[C@H](c2cc(NC(=O)Cc3ccno3)n(C(C)(C)C)n2)C1. The van der Waals surface area contributed by atoms with Crippen LogP contribution in [0.2, 0.25) is 0 Å². The molecule has 3 atom stereocenters. The Kier molecular flexibility index (Phi) is 7.02. The lowest BCUT2D eigenvalue weighted by Crippen LogP contribution is -2.34. The molecule has 1 aliphatic carbocycles. The fraction of sp³-hybridized carbons (Fsp3) is 0.636. The average Bonchev–Trinajstić information content (AvgIpc) is 3.41. The molecule has 0 bridgehead atoms. The van der Waals surface area contributed by atoms with Gasteiger partial charge in [0.15, 0.2) is 0 Å². The van der Waals surface area contributed by atoms with Gasteiger partial charge in [0.05, 0.1) is 23.9 Å². The fourth-order valence-electron chi connectivity index (χ4n) is 3.68. The third-order valence-corrected chi connectivity index (χ3v) is 5.51. The lowest BCUT2D eigenvalue weighted by Gasteiger charge is -2.22. The number of hydrogen-bond donors (Lipinski definition) is 2. The van der Waals surface area contributed by atoms with E-state index in [1.807, 2.05) is 45.4 Å². The zero-order chi connectivity index (χ0) is 22.6. The summed E-state index contributed by atoms with van der Waals surface area (Å²) >= 11 is 0. The topological polar surface area (TPSA) is 111 Å². The van der Waals surface area contributed by atoms with E-state index in [1.54, 1.807) is 6.07 Å². The Morgan fingerprint density at radius 2 is 2.13 bits per heavy atom. The molecule has 9 heteroatoms. The second kappa shape index (κ2) is 9.53. The summed E-state index contributed by atoms with van der Waals surface area (Å²) in [7, 11) is 0. The standard InChI is InChI=1S/C22H33N5O4/c1-6-14(2)24-21(29)30-16-8-7-15(11-16)18-13-19(27(26-18)22(3,4)5)25-20(28)12-17-9-10-23-31-17/h9-10,13-16H,6-8,11-12H2,1-5H3,(H,24,29)(H,25,28)/t14-,15-,16+/m0/s1. The minimum atomic E-state index is -0.361. The molecule has 0 unspecified atom stereocenters. The molecular formula is C22H33N5O4. The van der Waals surface area contributed by atoms with Crippen molar-refractivity contribution >= 4 is 17.8 Å². The third-order valence-electron chi connectivity index (χ3n) is 5.51. The van der Waals surface area contributed by atoms with Gasteiger partial charge in [0.2, 0.25) is 5.91 Å². The van der Waals surface area contributed by atoms with Crippen molar-refractivity contribution in [1.82, 2.24) is 20.3 Å². The van der Waals surface area contributed by atoms with Crippen molar-refractivity contribution in [3.05, 3.63) is 29.8 Å². The van der Waals surface area contributed by atoms with Gasteiger partial charge < -0.3 is 19.9 Å². The second-order valence-electron chi connectivity index (χ2n) is 9.23. The van der Waals surface area contributed by atoms with Crippen molar-refractivity contribution in [2.24, 2.45) is 0 Å². The average molecular weight is 432 g/mol. The molecule has 1 fully saturated rings. The van der Waals surface area contributed by atoms with Gasteiger partial charge in [-0.15, -0.1) is 0 Å². The molecule has 0 aromatic carbocycles. The number of aromatic nitrogens is 3. The van der Waals surface area contributed by atoms with Crippen molar-refractivity contribution in [2.45, 2.75) is 90.3 Å². The van der Waals surface area contributed by atoms with E-state index in [2.05, 4.69) is 15.8 Å². The second-order valence-corrected chi connectivity index (χ2v) is 9.23. The Balaban J connectivity index is 1.66. The van der Waals surface area contributed by atoms with Crippen LogP contribution in [0.25, 0.3) is 0 Å². The van der Waals surface area contributed by atoms with Crippen molar-refractivity contribution < 1.29 is 18.8 Å². The summed E-state index contributed by atoms with van der Waals surface area (Å²) in [6.07, 6.45) is 4.40. The first-order chi connectivity index (χ1) is 14.7. The molecular weight excluding hydrogens is 398 g/mol. The van der Waals surface area contributed by atoms with E-state index in [4.69, 9.17) is 14.4 Å². The van der Waals surface area contributed by atoms with E-state index in [0.717, 1.165) is 31.4 Å². The van der Waals surface area contributed by atoms with Crippen molar-refractivity contribution in [1.29, 1.82) is 0 Å². The van der Waals surface area contributed by atoms with Gasteiger partial charge in [0.25, 0.3) is 0 Å². The maximum absolute atomic E-state index is 12.5. The van der Waals surface area contributed by atoms with Crippen LogP contribution in [0, 0.1) is 0 Å². The van der Waals surface area contributed by atoms with Crippen LogP contribution >= 0.6 is 0 Å². The Hall–Kier alpha value is -2.84. The molecule has 170 valence electrons. The van der Waals surface area contributed by atoms with Gasteiger partial charge >= 0.3 is 6.09 Å². The summed E-state index contributed by atoms with van der Waals surface area (Å²) in [5.41, 5.74) is 0.593. The van der Waals surface area contributed by atoms with Gasteiger partial charge in [-0.3, -0.25) is 4.79 Å². The Bertz CT molecular complexity index is 884. The maximum atomic E-state index is 12.5. The normalized spacial score (nSPS) is 19.8. The van der Waals surface area contributed by atoms with Gasteiger partial charge in [-0.05, 0) is 53.4 Å². The molecule has 9 nitrogen and oxygen atoms in total. The number of anilines is 1. The van der Waals surface area contributed by atoms with Gasteiger partial charge in [-0.1, -0.05) is 12.1 Å². The number of alkyl carbamates (subject to hydrolysis) is 1. The van der Waals surface area contributed by atoms with Crippen LogP contribution in [0.4, 0.5) is 10.6 Å². The minimum absolute atomic E-state index is 0.0929. The molecule has 2 aromatic heterocycles. The summed E-state index contributed by atoms with van der Waals surface area (Å²) < 4.78 is 12.5. The molecule has 1 aliphatic rings. The first-order valence-corrected chi connectivity index (χ1v) is 10.9. The van der Waals surface area contributed by atoms with E-state index in [0.29, 0.717) is 11.6 Å². The van der Waals surface area contributed by atoms with Crippen LogP contribution in [0.1, 0.15) is 77.7 Å². The first kappa shape index (κ1) is 22.8. The summed E-state index contributed by atoms with van der Waals surface area (Å²) in [4.78, 5) is 24.5. The number of ether oxygens (including phenoxy) is 1. The molecule has 31 heavy (non-hydrogen) atoms. The van der Waals surface area contributed by atoms with Crippen LogP contribution in [0.5, 0.6) is 0 Å². The first-order valence-electron chi connectivity index (χ1n) is 10.9. The number of nitrogens with one attached hydrogen (secondary N) is 2. The number of carbonyl (C=O) groups is 2. The van der Waals surface area contributed by atoms with E-state index in [-0.39, 0.29) is 42.0 Å². The lowest BCUT2D eigenvalue weighted by molar-refractivity contribution is -0.115. The predicted octanol–water partition coefficient (Wildman–Crippen LogP) is 3.97. The smallest absolute Gasteiger partial charge is 0.407 e. The summed E-state index contributed by atoms with van der Waals surface area (Å²) in [5, 5.41) is 14.2. The molecule has 0 aliphatic heterocycles. The van der Waals surface area contributed by atoms with E-state index >= 15 is 0 Å². The van der Waals surface area contributed by atoms with Gasteiger partial charge in [-0.2, -0.15) is 5.10 Å². The number of carbonyl (C=O) groups excluding carboxylic acids is 2. The molecule has 0 spiro atoms. The number of hydrogen-bond acceptors (Lipinski definition) is 6. The van der Waals surface area contributed by atoms with Crippen molar-refractivity contribution in [2.75, 3.05) is 5.32 Å². The lowest BCUT2D eigenvalue weighted by atomic mass is 10.0. The molecule has 0 radical (unpaired) electrons. The Morgan fingerprint density at radius 1 is 1.35 bits per heavy atom. The monoisotopic (exact) mass is 431 g/mol. The molecule has 0 saturated heterocycles. The van der Waals surface area contributed by atoms with Gasteiger partial charge in [0.1, 0.15) is 17.7 Å². The molecule has 2 N–H and O–H groups in total. The van der Waals surface area contributed by atoms with Crippen LogP contribution in [0.15, 0.2) is 22.9 Å². The minimum Gasteiger partial charge on any atom is -0.446 e. The third kappa shape index (κ3) is 6.08. The molecule has 3 rings (SSSR count). The molecule has 2 amide bonds. The summed E-state index contributed by atoms with van der Waals surface area (Å²) in [5.74, 6) is 1.13. The van der Waals surface area contributed by atoms with Crippen molar-refractivity contribution in [3.8, 4) is 0 Å². The zero-order valence-electron chi connectivity index (χ0n) is 19.0. The molecule has 2 aromatic rings. The van der Waals surface area contributed by atoms with Gasteiger partial charge in [0, 0.05) is 24.1 Å². The highest BCUT2D eigenvalue weighted by Crippen LogP contribution is 2.37. The van der Waals surface area contributed by atoms with Crippen LogP contribution in [-0.2, 0) is 21.5 Å². The van der Waals surface area contributed by atoms with Gasteiger partial charge in [-0.25, -0.2) is 9.48 Å².